The van der Waals surface area contributed by atoms with Gasteiger partial charge in [-0.3, -0.25) is 0 Å². The molecule has 0 fully saturated rings. The predicted octanol–water partition coefficient (Wildman–Crippen LogP) is 1.69. The third-order valence-corrected chi connectivity index (χ3v) is 1.50. The second-order valence-corrected chi connectivity index (χ2v) is 2.24. The summed E-state index contributed by atoms with van der Waals surface area (Å²) in [5, 5.41) is 12.5. The van der Waals surface area contributed by atoms with Gasteiger partial charge >= 0.3 is 5.97 Å². The number of aromatic carboxylic acids is 1. The van der Waals surface area contributed by atoms with Gasteiger partial charge in [-0.15, -0.1) is 37.2 Å². The van der Waals surface area contributed by atoms with E-state index in [9.17, 15) is 4.79 Å². The van der Waals surface area contributed by atoms with Crippen LogP contribution in [0.5, 0.6) is 0 Å². The van der Waals surface area contributed by atoms with Crippen LogP contribution in [0.25, 0.3) is 5.65 Å². The molecular weight excluding hydrogens is 264 g/mol. The fourth-order valence-electron chi connectivity index (χ4n) is 0.975. The lowest BCUT2D eigenvalue weighted by atomic mass is 10.5. The molecule has 5 nitrogen and oxygen atoms in total. The van der Waals surface area contributed by atoms with E-state index in [0.29, 0.717) is 5.65 Å². The molecule has 2 rings (SSSR count). The van der Waals surface area contributed by atoms with Gasteiger partial charge in [-0.05, 0) is 12.1 Å². The Bertz CT molecular complexity index is 446. The maximum absolute atomic E-state index is 10.6. The van der Waals surface area contributed by atoms with Crippen LogP contribution in [0.2, 0.25) is 0 Å². The fourth-order valence-corrected chi connectivity index (χ4v) is 0.975. The fraction of sp³-hybridized carbons (Fsp3) is 0. The van der Waals surface area contributed by atoms with Crippen LogP contribution >= 0.6 is 37.2 Å². The highest BCUT2D eigenvalue weighted by molar-refractivity contribution is 5.86. The standard InChI is InChI=1S/C7H5N3O2.3ClH/c11-7(12)5-4-8-6-2-1-3-9-10(5)6;;;/h1-4H,(H,11,12);3*1H. The first-order valence-corrected chi connectivity index (χ1v) is 3.31. The molecule has 0 radical (unpaired) electrons. The zero-order valence-corrected chi connectivity index (χ0v) is 9.68. The molecule has 0 aliphatic rings. The minimum Gasteiger partial charge on any atom is -0.476 e. The van der Waals surface area contributed by atoms with Crippen LogP contribution in [0.3, 0.4) is 0 Å². The van der Waals surface area contributed by atoms with Gasteiger partial charge in [0.05, 0.1) is 6.20 Å². The van der Waals surface area contributed by atoms with Crippen molar-refractivity contribution in [3.05, 3.63) is 30.2 Å². The number of halogens is 3. The first kappa shape index (κ1) is 16.4. The molecule has 15 heavy (non-hydrogen) atoms. The Morgan fingerprint density at radius 3 is 2.60 bits per heavy atom. The minimum absolute atomic E-state index is 0. The van der Waals surface area contributed by atoms with Gasteiger partial charge < -0.3 is 5.11 Å². The Hall–Kier alpha value is -1.04. The molecule has 2 aromatic rings. The van der Waals surface area contributed by atoms with Crippen molar-refractivity contribution in [2.24, 2.45) is 0 Å². The number of rotatable bonds is 1. The van der Waals surface area contributed by atoms with Crippen LogP contribution in [0.4, 0.5) is 0 Å². The molecule has 0 unspecified atom stereocenters. The minimum atomic E-state index is -1.03. The molecule has 0 aliphatic carbocycles. The van der Waals surface area contributed by atoms with Crippen molar-refractivity contribution in [2.45, 2.75) is 0 Å². The van der Waals surface area contributed by atoms with Crippen LogP contribution in [0.15, 0.2) is 24.5 Å². The molecular formula is C7H8Cl3N3O2. The summed E-state index contributed by atoms with van der Waals surface area (Å²) in [5.74, 6) is -1.03. The number of nitrogens with zero attached hydrogens (tertiary/aromatic N) is 3. The summed E-state index contributed by atoms with van der Waals surface area (Å²) in [7, 11) is 0. The van der Waals surface area contributed by atoms with Crippen molar-refractivity contribution in [1.82, 2.24) is 14.6 Å². The molecule has 0 aliphatic heterocycles. The molecule has 0 aromatic carbocycles. The Morgan fingerprint density at radius 1 is 1.33 bits per heavy atom. The van der Waals surface area contributed by atoms with E-state index in [2.05, 4.69) is 10.1 Å². The Balaban J connectivity index is 0. The van der Waals surface area contributed by atoms with Gasteiger partial charge in [-0.2, -0.15) is 5.10 Å². The van der Waals surface area contributed by atoms with E-state index >= 15 is 0 Å². The van der Waals surface area contributed by atoms with E-state index in [1.54, 1.807) is 12.1 Å². The van der Waals surface area contributed by atoms with E-state index < -0.39 is 5.97 Å². The molecule has 84 valence electrons. The summed E-state index contributed by atoms with van der Waals surface area (Å²) in [6, 6.07) is 3.40. The molecule has 0 atom stereocenters. The van der Waals surface area contributed by atoms with Crippen LogP contribution in [-0.4, -0.2) is 25.7 Å². The Kier molecular flexibility index (Phi) is 7.04. The third kappa shape index (κ3) is 2.95. The number of carboxylic acids is 1. The van der Waals surface area contributed by atoms with Crippen LogP contribution in [-0.2, 0) is 0 Å². The normalized spacial score (nSPS) is 8.27. The zero-order valence-electron chi connectivity index (χ0n) is 7.23. The van der Waals surface area contributed by atoms with Gasteiger partial charge in [0.25, 0.3) is 0 Å². The summed E-state index contributed by atoms with van der Waals surface area (Å²) in [6.45, 7) is 0. The van der Waals surface area contributed by atoms with Crippen molar-refractivity contribution >= 4 is 48.8 Å². The second kappa shape index (κ2) is 6.44. The molecule has 0 bridgehead atoms. The lowest BCUT2D eigenvalue weighted by Gasteiger charge is -1.92. The van der Waals surface area contributed by atoms with Gasteiger partial charge in [-0.25, -0.2) is 14.3 Å². The summed E-state index contributed by atoms with van der Waals surface area (Å²) >= 11 is 0. The van der Waals surface area contributed by atoms with Gasteiger partial charge in [0, 0.05) is 6.20 Å². The van der Waals surface area contributed by atoms with Gasteiger partial charge in [0.15, 0.2) is 11.3 Å². The summed E-state index contributed by atoms with van der Waals surface area (Å²) in [6.07, 6.45) is 2.80. The summed E-state index contributed by atoms with van der Waals surface area (Å²) in [4.78, 5) is 14.4. The third-order valence-electron chi connectivity index (χ3n) is 1.50. The Labute approximate surface area is 104 Å². The maximum atomic E-state index is 10.6. The average Bonchev–Trinajstić information content (AvgIpc) is 2.47. The number of hydrogen-bond acceptors (Lipinski definition) is 3. The molecule has 0 spiro atoms. The summed E-state index contributed by atoms with van der Waals surface area (Å²) < 4.78 is 1.28. The van der Waals surface area contributed by atoms with Gasteiger partial charge in [0.1, 0.15) is 0 Å². The lowest BCUT2D eigenvalue weighted by Crippen LogP contribution is -2.03. The van der Waals surface area contributed by atoms with E-state index in [1.807, 2.05) is 0 Å². The number of carbonyl (C=O) groups is 1. The molecule has 0 saturated heterocycles. The van der Waals surface area contributed by atoms with Crippen molar-refractivity contribution < 1.29 is 9.90 Å². The first-order chi connectivity index (χ1) is 5.79. The average molecular weight is 273 g/mol. The quantitative estimate of drug-likeness (QED) is 0.858. The van der Waals surface area contributed by atoms with Gasteiger partial charge in [-0.1, -0.05) is 0 Å². The van der Waals surface area contributed by atoms with Crippen molar-refractivity contribution in [1.29, 1.82) is 0 Å². The summed E-state index contributed by atoms with van der Waals surface area (Å²) in [5.41, 5.74) is 0.612. The molecule has 8 heteroatoms. The topological polar surface area (TPSA) is 67.5 Å². The van der Waals surface area contributed by atoms with E-state index in [-0.39, 0.29) is 42.9 Å². The molecule has 0 saturated carbocycles. The SMILES string of the molecule is Cl.Cl.Cl.O=C(O)c1cnc2cccnn12. The van der Waals surface area contributed by atoms with Crippen LogP contribution < -0.4 is 0 Å². The first-order valence-electron chi connectivity index (χ1n) is 3.31. The lowest BCUT2D eigenvalue weighted by molar-refractivity contribution is 0.0688. The molecule has 2 heterocycles. The predicted molar refractivity (Wildman–Crippen MR) is 61.7 cm³/mol. The van der Waals surface area contributed by atoms with Gasteiger partial charge in [0.2, 0.25) is 0 Å². The zero-order chi connectivity index (χ0) is 8.55. The maximum Gasteiger partial charge on any atom is 0.356 e. The highest BCUT2D eigenvalue weighted by atomic mass is 35.5. The molecule has 2 aromatic heterocycles. The van der Waals surface area contributed by atoms with Crippen molar-refractivity contribution in [3.8, 4) is 0 Å². The highest BCUT2D eigenvalue weighted by Gasteiger charge is 2.09. The number of imidazole rings is 1. The Morgan fingerprint density at radius 2 is 2.00 bits per heavy atom. The van der Waals surface area contributed by atoms with Crippen molar-refractivity contribution in [3.63, 3.8) is 0 Å². The largest absolute Gasteiger partial charge is 0.476 e. The smallest absolute Gasteiger partial charge is 0.356 e. The van der Waals surface area contributed by atoms with Crippen molar-refractivity contribution in [2.75, 3.05) is 0 Å². The van der Waals surface area contributed by atoms with E-state index in [1.165, 1.54) is 16.9 Å². The molecule has 0 amide bonds. The number of fused-ring (bicyclic) bond motifs is 1. The monoisotopic (exact) mass is 271 g/mol. The highest BCUT2D eigenvalue weighted by Crippen LogP contribution is 2.02. The molecule has 1 N–H and O–H groups in total. The van der Waals surface area contributed by atoms with Crippen LogP contribution in [0, 0.1) is 0 Å². The number of carboxylic acid groups (broad SMARTS) is 1. The van der Waals surface area contributed by atoms with E-state index in [0.717, 1.165) is 0 Å². The number of hydrogen-bond donors (Lipinski definition) is 1. The van der Waals surface area contributed by atoms with Crippen LogP contribution in [0.1, 0.15) is 10.5 Å². The van der Waals surface area contributed by atoms with E-state index in [4.69, 9.17) is 5.11 Å². The number of aromatic nitrogens is 3. The second-order valence-electron chi connectivity index (χ2n) is 2.24.